The number of nitrogens with zero attached hydrogens (tertiary/aromatic N) is 1. The third kappa shape index (κ3) is 3.98. The van der Waals surface area contributed by atoms with E-state index in [1.807, 2.05) is 6.92 Å². The van der Waals surface area contributed by atoms with Gasteiger partial charge in [-0.05, 0) is 47.5 Å². The number of hydrogen-bond acceptors (Lipinski definition) is 2. The van der Waals surface area contributed by atoms with E-state index in [4.69, 9.17) is 16.7 Å². The Hall–Kier alpha value is -0.580. The quantitative estimate of drug-likeness (QED) is 0.906. The van der Waals surface area contributed by atoms with Gasteiger partial charge in [-0.15, -0.1) is 0 Å². The van der Waals surface area contributed by atoms with E-state index in [-0.39, 0.29) is 12.5 Å². The van der Waals surface area contributed by atoms with Crippen LogP contribution in [0.15, 0.2) is 22.7 Å². The average molecular weight is 321 g/mol. The fourth-order valence-corrected chi connectivity index (χ4v) is 1.90. The van der Waals surface area contributed by atoms with Crippen molar-refractivity contribution in [1.82, 2.24) is 4.90 Å². The number of aliphatic hydroxyl groups excluding tert-OH is 1. The van der Waals surface area contributed by atoms with Crippen molar-refractivity contribution in [2.75, 3.05) is 19.7 Å². The van der Waals surface area contributed by atoms with Gasteiger partial charge in [-0.1, -0.05) is 11.6 Å². The van der Waals surface area contributed by atoms with E-state index in [9.17, 15) is 4.79 Å². The van der Waals surface area contributed by atoms with E-state index < -0.39 is 0 Å². The summed E-state index contributed by atoms with van der Waals surface area (Å²) in [4.78, 5) is 13.8. The highest BCUT2D eigenvalue weighted by Gasteiger charge is 2.14. The van der Waals surface area contributed by atoms with Gasteiger partial charge >= 0.3 is 0 Å². The summed E-state index contributed by atoms with van der Waals surface area (Å²) in [5, 5.41) is 9.30. The number of hydrogen-bond donors (Lipinski definition) is 1. The van der Waals surface area contributed by atoms with Crippen LogP contribution >= 0.6 is 27.5 Å². The van der Waals surface area contributed by atoms with E-state index >= 15 is 0 Å². The second-order valence-corrected chi connectivity index (χ2v) is 4.85. The molecule has 0 heterocycles. The maximum Gasteiger partial charge on any atom is 0.253 e. The molecule has 0 aliphatic rings. The minimum atomic E-state index is -0.0599. The molecule has 0 aliphatic carbocycles. The molecule has 0 saturated heterocycles. The van der Waals surface area contributed by atoms with Crippen LogP contribution in [0.25, 0.3) is 0 Å². The van der Waals surface area contributed by atoms with Crippen LogP contribution in [0.4, 0.5) is 0 Å². The Morgan fingerprint density at radius 2 is 2.24 bits per heavy atom. The van der Waals surface area contributed by atoms with Crippen LogP contribution in [0, 0.1) is 0 Å². The van der Waals surface area contributed by atoms with Gasteiger partial charge in [-0.25, -0.2) is 0 Å². The predicted octanol–water partition coefficient (Wildman–Crippen LogP) is 2.95. The average Bonchev–Trinajstić information content (AvgIpc) is 2.33. The molecule has 1 aromatic rings. The summed E-state index contributed by atoms with van der Waals surface area (Å²) in [6, 6.07) is 5.14. The van der Waals surface area contributed by atoms with Crippen LogP contribution in [0.5, 0.6) is 0 Å². The standard InChI is InChI=1S/C12H15BrClNO2/c1-2-15(6-3-7-16)12(17)9-4-5-10(13)11(14)8-9/h4-5,8,16H,2-3,6-7H2,1H3. The van der Waals surface area contributed by atoms with Gasteiger partial charge in [-0.3, -0.25) is 4.79 Å². The zero-order chi connectivity index (χ0) is 12.8. The third-order valence-electron chi connectivity index (χ3n) is 2.42. The fraction of sp³-hybridized carbons (Fsp3) is 0.417. The molecule has 5 heteroatoms. The predicted molar refractivity (Wildman–Crippen MR) is 72.4 cm³/mol. The molecule has 0 fully saturated rings. The van der Waals surface area contributed by atoms with Gasteiger partial charge in [0.05, 0.1) is 5.02 Å². The molecule has 0 aromatic heterocycles. The van der Waals surface area contributed by atoms with Crippen LogP contribution in [-0.4, -0.2) is 35.6 Å². The van der Waals surface area contributed by atoms with E-state index in [2.05, 4.69) is 15.9 Å². The number of benzene rings is 1. The Bertz CT molecular complexity index is 398. The second-order valence-electron chi connectivity index (χ2n) is 3.59. The Kier molecular flexibility index (Phi) is 5.95. The Balaban J connectivity index is 2.82. The van der Waals surface area contributed by atoms with Crippen molar-refractivity contribution in [1.29, 1.82) is 0 Å². The number of carbonyl (C=O) groups is 1. The largest absolute Gasteiger partial charge is 0.396 e. The summed E-state index contributed by atoms with van der Waals surface area (Å²) >= 11 is 9.24. The van der Waals surface area contributed by atoms with Crippen molar-refractivity contribution in [2.45, 2.75) is 13.3 Å². The molecule has 1 N–H and O–H groups in total. The van der Waals surface area contributed by atoms with E-state index in [0.717, 1.165) is 4.47 Å². The molecule has 0 atom stereocenters. The van der Waals surface area contributed by atoms with Crippen molar-refractivity contribution in [3.63, 3.8) is 0 Å². The summed E-state index contributed by atoms with van der Waals surface area (Å²) in [5.41, 5.74) is 0.568. The van der Waals surface area contributed by atoms with Gasteiger partial charge in [0.25, 0.3) is 5.91 Å². The molecule has 0 unspecified atom stereocenters. The third-order valence-corrected chi connectivity index (χ3v) is 3.65. The van der Waals surface area contributed by atoms with Gasteiger partial charge in [0, 0.05) is 29.7 Å². The van der Waals surface area contributed by atoms with E-state index in [0.29, 0.717) is 30.1 Å². The number of aliphatic hydroxyl groups is 1. The van der Waals surface area contributed by atoms with E-state index in [1.165, 1.54) is 0 Å². The zero-order valence-corrected chi connectivity index (χ0v) is 12.0. The molecule has 3 nitrogen and oxygen atoms in total. The molecule has 0 aliphatic heterocycles. The lowest BCUT2D eigenvalue weighted by atomic mass is 10.2. The first-order valence-electron chi connectivity index (χ1n) is 5.45. The molecule has 0 spiro atoms. The summed E-state index contributed by atoms with van der Waals surface area (Å²) in [5.74, 6) is -0.0599. The normalized spacial score (nSPS) is 10.4. The maximum absolute atomic E-state index is 12.1. The molecule has 17 heavy (non-hydrogen) atoms. The Morgan fingerprint density at radius 3 is 2.76 bits per heavy atom. The molecule has 0 radical (unpaired) electrons. The highest BCUT2D eigenvalue weighted by Crippen LogP contribution is 2.23. The maximum atomic E-state index is 12.1. The minimum Gasteiger partial charge on any atom is -0.396 e. The molecule has 0 bridgehead atoms. The molecule has 1 amide bonds. The minimum absolute atomic E-state index is 0.0599. The summed E-state index contributed by atoms with van der Waals surface area (Å²) in [6.07, 6.45) is 0.587. The Labute approximate surface area is 115 Å². The summed E-state index contributed by atoms with van der Waals surface area (Å²) in [6.45, 7) is 3.17. The van der Waals surface area contributed by atoms with Gasteiger partial charge in [0.15, 0.2) is 0 Å². The molecule has 1 rings (SSSR count). The lowest BCUT2D eigenvalue weighted by Crippen LogP contribution is -2.32. The van der Waals surface area contributed by atoms with Crippen LogP contribution < -0.4 is 0 Å². The fourth-order valence-electron chi connectivity index (χ4n) is 1.48. The van der Waals surface area contributed by atoms with Crippen molar-refractivity contribution in [2.24, 2.45) is 0 Å². The van der Waals surface area contributed by atoms with Crippen molar-refractivity contribution in [3.05, 3.63) is 33.3 Å². The smallest absolute Gasteiger partial charge is 0.253 e. The molecular weight excluding hydrogens is 305 g/mol. The second kappa shape index (κ2) is 6.99. The molecule has 1 aromatic carbocycles. The van der Waals surface area contributed by atoms with Crippen molar-refractivity contribution in [3.8, 4) is 0 Å². The van der Waals surface area contributed by atoms with Crippen LogP contribution in [-0.2, 0) is 0 Å². The van der Waals surface area contributed by atoms with Gasteiger partial charge in [-0.2, -0.15) is 0 Å². The topological polar surface area (TPSA) is 40.5 Å². The summed E-state index contributed by atoms with van der Waals surface area (Å²) < 4.78 is 0.772. The van der Waals surface area contributed by atoms with Crippen LogP contribution in [0.3, 0.4) is 0 Å². The van der Waals surface area contributed by atoms with Gasteiger partial charge < -0.3 is 10.0 Å². The lowest BCUT2D eigenvalue weighted by molar-refractivity contribution is 0.0754. The van der Waals surface area contributed by atoms with E-state index in [1.54, 1.807) is 23.1 Å². The van der Waals surface area contributed by atoms with Crippen molar-refractivity contribution >= 4 is 33.4 Å². The zero-order valence-electron chi connectivity index (χ0n) is 9.62. The molecule has 0 saturated carbocycles. The Morgan fingerprint density at radius 1 is 1.53 bits per heavy atom. The summed E-state index contributed by atoms with van der Waals surface area (Å²) in [7, 11) is 0. The monoisotopic (exact) mass is 319 g/mol. The van der Waals surface area contributed by atoms with Crippen LogP contribution in [0.1, 0.15) is 23.7 Å². The number of halogens is 2. The first-order chi connectivity index (χ1) is 8.10. The highest BCUT2D eigenvalue weighted by molar-refractivity contribution is 9.10. The van der Waals surface area contributed by atoms with Crippen LogP contribution in [0.2, 0.25) is 5.02 Å². The number of amides is 1. The SMILES string of the molecule is CCN(CCCO)C(=O)c1ccc(Br)c(Cl)c1. The number of carbonyl (C=O) groups excluding carboxylic acids is 1. The first-order valence-corrected chi connectivity index (χ1v) is 6.62. The van der Waals surface area contributed by atoms with Crippen molar-refractivity contribution < 1.29 is 9.90 Å². The number of rotatable bonds is 5. The van der Waals surface area contributed by atoms with Gasteiger partial charge in [0.2, 0.25) is 0 Å². The first kappa shape index (κ1) is 14.5. The van der Waals surface area contributed by atoms with Gasteiger partial charge in [0.1, 0.15) is 0 Å². The molecule has 94 valence electrons. The molecular formula is C12H15BrClNO2. The highest BCUT2D eigenvalue weighted by atomic mass is 79.9. The lowest BCUT2D eigenvalue weighted by Gasteiger charge is -2.20.